The number of carbonyl (C=O) groups excluding carboxylic acids is 1. The molecule has 112 valence electrons. The highest BCUT2D eigenvalue weighted by atomic mass is 16.5. The van der Waals surface area contributed by atoms with Crippen LogP contribution in [0.15, 0.2) is 30.6 Å². The lowest BCUT2D eigenvalue weighted by molar-refractivity contribution is 0.102. The van der Waals surface area contributed by atoms with Gasteiger partial charge in [0.25, 0.3) is 5.91 Å². The average molecular weight is 289 g/mol. The topological polar surface area (TPSA) is 76.4 Å². The Balaban J connectivity index is 2.16. The fourth-order valence-electron chi connectivity index (χ4n) is 1.78. The van der Waals surface area contributed by atoms with Gasteiger partial charge >= 0.3 is 0 Å². The summed E-state index contributed by atoms with van der Waals surface area (Å²) in [6.07, 6.45) is 3.32. The Morgan fingerprint density at radius 2 is 2.10 bits per heavy atom. The highest BCUT2D eigenvalue weighted by Gasteiger charge is 2.16. The van der Waals surface area contributed by atoms with E-state index in [1.54, 1.807) is 23.1 Å². The Morgan fingerprint density at radius 3 is 2.62 bits per heavy atom. The van der Waals surface area contributed by atoms with Crippen molar-refractivity contribution in [3.63, 3.8) is 0 Å². The molecule has 2 aromatic rings. The van der Waals surface area contributed by atoms with Gasteiger partial charge in [0, 0.05) is 12.3 Å². The number of rotatable bonds is 3. The number of nitrogens with one attached hydrogen (secondary N) is 1. The van der Waals surface area contributed by atoms with Crippen LogP contribution in [-0.4, -0.2) is 27.9 Å². The number of anilines is 1. The van der Waals surface area contributed by atoms with E-state index in [1.165, 1.54) is 19.2 Å². The van der Waals surface area contributed by atoms with Gasteiger partial charge in [-0.25, -0.2) is 0 Å². The van der Waals surface area contributed by atoms with E-state index in [4.69, 9.17) is 4.74 Å². The third-order valence-corrected chi connectivity index (χ3v) is 2.98. The van der Waals surface area contributed by atoms with Crippen molar-refractivity contribution in [3.05, 3.63) is 36.2 Å². The molecule has 0 unspecified atom stereocenters. The minimum Gasteiger partial charge on any atom is -0.507 e. The number of aromatic nitrogens is 2. The third-order valence-electron chi connectivity index (χ3n) is 2.98. The van der Waals surface area contributed by atoms with Gasteiger partial charge in [-0.1, -0.05) is 0 Å². The minimum absolute atomic E-state index is 0.130. The quantitative estimate of drug-likeness (QED) is 0.910. The SMILES string of the molecule is COc1ccc(C(=O)Nc2cnn(C(C)(C)C)c2)c(O)c1. The van der Waals surface area contributed by atoms with E-state index in [0.29, 0.717) is 11.4 Å². The lowest BCUT2D eigenvalue weighted by Crippen LogP contribution is -2.22. The van der Waals surface area contributed by atoms with Crippen LogP contribution in [0.2, 0.25) is 0 Å². The molecule has 1 aromatic carbocycles. The lowest BCUT2D eigenvalue weighted by atomic mass is 10.1. The number of hydrogen-bond acceptors (Lipinski definition) is 4. The van der Waals surface area contributed by atoms with Crippen LogP contribution >= 0.6 is 0 Å². The summed E-state index contributed by atoms with van der Waals surface area (Å²) in [5.41, 5.74) is 0.593. The number of amides is 1. The van der Waals surface area contributed by atoms with Gasteiger partial charge in [-0.3, -0.25) is 9.48 Å². The molecule has 1 aromatic heterocycles. The fraction of sp³-hybridized carbons (Fsp3) is 0.333. The maximum atomic E-state index is 12.1. The molecule has 0 aliphatic heterocycles. The molecule has 0 atom stereocenters. The Morgan fingerprint density at radius 1 is 1.38 bits per heavy atom. The predicted molar refractivity (Wildman–Crippen MR) is 79.8 cm³/mol. The zero-order valence-electron chi connectivity index (χ0n) is 12.5. The number of hydrogen-bond donors (Lipinski definition) is 2. The van der Waals surface area contributed by atoms with E-state index < -0.39 is 5.91 Å². The Hall–Kier alpha value is -2.50. The monoisotopic (exact) mass is 289 g/mol. The first-order chi connectivity index (χ1) is 9.81. The normalized spacial score (nSPS) is 11.2. The van der Waals surface area contributed by atoms with Crippen LogP contribution < -0.4 is 10.1 Å². The van der Waals surface area contributed by atoms with Gasteiger partial charge in [-0.15, -0.1) is 0 Å². The second kappa shape index (κ2) is 5.47. The van der Waals surface area contributed by atoms with E-state index in [9.17, 15) is 9.90 Å². The van der Waals surface area contributed by atoms with Gasteiger partial charge in [0.2, 0.25) is 0 Å². The van der Waals surface area contributed by atoms with Crippen molar-refractivity contribution in [2.45, 2.75) is 26.3 Å². The third kappa shape index (κ3) is 3.34. The predicted octanol–water partition coefficient (Wildman–Crippen LogP) is 2.60. The summed E-state index contributed by atoms with van der Waals surface area (Å²) in [7, 11) is 1.50. The number of phenols is 1. The Kier molecular flexibility index (Phi) is 3.88. The molecule has 0 aliphatic rings. The number of nitrogens with zero attached hydrogens (tertiary/aromatic N) is 2. The molecule has 0 radical (unpaired) electrons. The molecule has 2 rings (SSSR count). The van der Waals surface area contributed by atoms with E-state index in [1.807, 2.05) is 20.8 Å². The molecule has 0 aliphatic carbocycles. The summed E-state index contributed by atoms with van der Waals surface area (Å²) in [4.78, 5) is 12.1. The first kappa shape index (κ1) is 14.9. The molecule has 0 saturated heterocycles. The summed E-state index contributed by atoms with van der Waals surface area (Å²) in [5, 5.41) is 16.8. The second-order valence-corrected chi connectivity index (χ2v) is 5.68. The molecule has 0 bridgehead atoms. The van der Waals surface area contributed by atoms with E-state index in [-0.39, 0.29) is 16.9 Å². The van der Waals surface area contributed by atoms with Gasteiger partial charge < -0.3 is 15.2 Å². The summed E-state index contributed by atoms with van der Waals surface area (Å²) in [6, 6.07) is 4.53. The molecule has 6 heteroatoms. The Labute approximate surface area is 123 Å². The molecule has 6 nitrogen and oxygen atoms in total. The summed E-state index contributed by atoms with van der Waals surface area (Å²) >= 11 is 0. The van der Waals surface area contributed by atoms with Crippen molar-refractivity contribution in [2.75, 3.05) is 12.4 Å². The minimum atomic E-state index is -0.399. The first-order valence-electron chi connectivity index (χ1n) is 6.55. The Bertz CT molecular complexity index is 656. The largest absolute Gasteiger partial charge is 0.507 e. The second-order valence-electron chi connectivity index (χ2n) is 5.68. The molecule has 21 heavy (non-hydrogen) atoms. The van der Waals surface area contributed by atoms with E-state index in [0.717, 1.165) is 0 Å². The molecular formula is C15H19N3O3. The standard InChI is InChI=1S/C15H19N3O3/c1-15(2,3)18-9-10(8-16-18)17-14(20)12-6-5-11(21-4)7-13(12)19/h5-9,19H,1-4H3,(H,17,20). The van der Waals surface area contributed by atoms with Gasteiger partial charge in [0.15, 0.2) is 0 Å². The van der Waals surface area contributed by atoms with Gasteiger partial charge in [0.1, 0.15) is 11.5 Å². The molecule has 0 spiro atoms. The molecule has 1 amide bonds. The van der Waals surface area contributed by atoms with Gasteiger partial charge in [-0.05, 0) is 32.9 Å². The highest BCUT2D eigenvalue weighted by Crippen LogP contribution is 2.24. The van der Waals surface area contributed by atoms with Crippen LogP contribution in [0.3, 0.4) is 0 Å². The van der Waals surface area contributed by atoms with Gasteiger partial charge in [0.05, 0.1) is 30.1 Å². The average Bonchev–Trinajstić information content (AvgIpc) is 2.86. The van der Waals surface area contributed by atoms with Crippen LogP contribution in [-0.2, 0) is 5.54 Å². The molecule has 0 fully saturated rings. The number of benzene rings is 1. The van der Waals surface area contributed by atoms with Crippen LogP contribution in [0.5, 0.6) is 11.5 Å². The first-order valence-corrected chi connectivity index (χ1v) is 6.55. The molecule has 1 heterocycles. The van der Waals surface area contributed by atoms with Crippen LogP contribution in [0.4, 0.5) is 5.69 Å². The van der Waals surface area contributed by atoms with Crippen molar-refractivity contribution in [1.29, 1.82) is 0 Å². The number of ether oxygens (including phenoxy) is 1. The summed E-state index contributed by atoms with van der Waals surface area (Å²) < 4.78 is 6.74. The molecule has 2 N–H and O–H groups in total. The highest BCUT2D eigenvalue weighted by molar-refractivity contribution is 6.06. The maximum absolute atomic E-state index is 12.1. The van der Waals surface area contributed by atoms with Crippen LogP contribution in [0, 0.1) is 0 Å². The van der Waals surface area contributed by atoms with Crippen molar-refractivity contribution in [3.8, 4) is 11.5 Å². The fourth-order valence-corrected chi connectivity index (χ4v) is 1.78. The van der Waals surface area contributed by atoms with Crippen molar-refractivity contribution >= 4 is 11.6 Å². The zero-order valence-corrected chi connectivity index (χ0v) is 12.5. The molecule has 0 saturated carbocycles. The number of phenolic OH excluding ortho intramolecular Hbond substituents is 1. The van der Waals surface area contributed by atoms with Crippen molar-refractivity contribution in [1.82, 2.24) is 9.78 Å². The van der Waals surface area contributed by atoms with E-state index in [2.05, 4.69) is 10.4 Å². The maximum Gasteiger partial charge on any atom is 0.259 e. The number of aromatic hydroxyl groups is 1. The van der Waals surface area contributed by atoms with Crippen molar-refractivity contribution in [2.24, 2.45) is 0 Å². The summed E-state index contributed by atoms with van der Waals surface area (Å²) in [5.74, 6) is -0.0386. The number of methoxy groups -OCH3 is 1. The number of carbonyl (C=O) groups is 1. The van der Waals surface area contributed by atoms with Crippen LogP contribution in [0.25, 0.3) is 0 Å². The summed E-state index contributed by atoms with van der Waals surface area (Å²) in [6.45, 7) is 6.04. The zero-order chi connectivity index (χ0) is 15.6. The lowest BCUT2D eigenvalue weighted by Gasteiger charge is -2.18. The smallest absolute Gasteiger partial charge is 0.259 e. The molecular weight excluding hydrogens is 270 g/mol. The van der Waals surface area contributed by atoms with Crippen LogP contribution in [0.1, 0.15) is 31.1 Å². The van der Waals surface area contributed by atoms with Crippen molar-refractivity contribution < 1.29 is 14.6 Å². The van der Waals surface area contributed by atoms with Gasteiger partial charge in [-0.2, -0.15) is 5.10 Å². The van der Waals surface area contributed by atoms with E-state index >= 15 is 0 Å².